The van der Waals surface area contributed by atoms with Gasteiger partial charge in [-0.3, -0.25) is 4.79 Å². The van der Waals surface area contributed by atoms with Crippen molar-refractivity contribution in [1.82, 2.24) is 0 Å². The lowest BCUT2D eigenvalue weighted by Gasteiger charge is -2.08. The van der Waals surface area contributed by atoms with Gasteiger partial charge in [0.1, 0.15) is 0 Å². The van der Waals surface area contributed by atoms with Gasteiger partial charge in [0.05, 0.1) is 27.8 Å². The number of rotatable bonds is 2. The molecule has 2 aromatic carbocycles. The highest BCUT2D eigenvalue weighted by Crippen LogP contribution is 2.24. The van der Waals surface area contributed by atoms with E-state index in [9.17, 15) is 4.79 Å². The first-order chi connectivity index (χ1) is 10.1. The summed E-state index contributed by atoms with van der Waals surface area (Å²) in [5, 5.41) is 3.53. The first kappa shape index (κ1) is 15.4. The predicted molar refractivity (Wildman–Crippen MR) is 86.8 cm³/mol. The zero-order valence-electron chi connectivity index (χ0n) is 11.0. The van der Waals surface area contributed by atoms with Crippen LogP contribution in [0.2, 0.25) is 10.0 Å². The summed E-state index contributed by atoms with van der Waals surface area (Å²) in [5.74, 6) is 5.30. The highest BCUT2D eigenvalue weighted by molar-refractivity contribution is 6.36. The summed E-state index contributed by atoms with van der Waals surface area (Å²) in [6.07, 6.45) is 0. The van der Waals surface area contributed by atoms with Crippen LogP contribution < -0.4 is 11.1 Å². The first-order valence-electron chi connectivity index (χ1n) is 6.16. The summed E-state index contributed by atoms with van der Waals surface area (Å²) in [6.45, 7) is 0.268. The smallest absolute Gasteiger partial charge is 0.257 e. The second kappa shape index (κ2) is 7.14. The summed E-state index contributed by atoms with van der Waals surface area (Å²) in [5.41, 5.74) is 6.92. The van der Waals surface area contributed by atoms with Crippen LogP contribution in [0.5, 0.6) is 0 Å². The van der Waals surface area contributed by atoms with Gasteiger partial charge in [-0.1, -0.05) is 47.2 Å². The molecule has 0 heterocycles. The molecule has 0 aliphatic carbocycles. The number of nitrogens with two attached hydrogens (primary N) is 1. The van der Waals surface area contributed by atoms with E-state index in [2.05, 4.69) is 17.2 Å². The quantitative estimate of drug-likeness (QED) is 0.832. The molecule has 0 spiro atoms. The summed E-state index contributed by atoms with van der Waals surface area (Å²) in [6, 6.07) is 11.9. The largest absolute Gasteiger partial charge is 0.321 e. The van der Waals surface area contributed by atoms with Crippen molar-refractivity contribution in [3.05, 3.63) is 63.6 Å². The third-order valence-electron chi connectivity index (χ3n) is 2.67. The van der Waals surface area contributed by atoms with Gasteiger partial charge in [-0.25, -0.2) is 0 Å². The van der Waals surface area contributed by atoms with Crippen LogP contribution in [0.3, 0.4) is 0 Å². The lowest BCUT2D eigenvalue weighted by Crippen LogP contribution is -2.12. The Morgan fingerprint density at radius 3 is 2.62 bits per heavy atom. The van der Waals surface area contributed by atoms with Crippen LogP contribution in [0, 0.1) is 11.8 Å². The van der Waals surface area contributed by atoms with Gasteiger partial charge in [-0.05, 0) is 30.3 Å². The first-order valence-corrected chi connectivity index (χ1v) is 6.92. The number of hydrogen-bond donors (Lipinski definition) is 2. The van der Waals surface area contributed by atoms with Crippen LogP contribution in [0.4, 0.5) is 5.69 Å². The highest BCUT2D eigenvalue weighted by atomic mass is 35.5. The van der Waals surface area contributed by atoms with Crippen LogP contribution in [0.15, 0.2) is 42.5 Å². The van der Waals surface area contributed by atoms with E-state index in [1.165, 1.54) is 0 Å². The average Bonchev–Trinajstić information content (AvgIpc) is 2.48. The Morgan fingerprint density at radius 2 is 1.90 bits per heavy atom. The number of hydrogen-bond acceptors (Lipinski definition) is 2. The zero-order valence-corrected chi connectivity index (χ0v) is 12.5. The molecule has 0 radical (unpaired) electrons. The Labute approximate surface area is 133 Å². The Morgan fingerprint density at radius 1 is 1.14 bits per heavy atom. The Bertz CT molecular complexity index is 733. The second-order valence-electron chi connectivity index (χ2n) is 4.13. The molecule has 2 aromatic rings. The normalized spacial score (nSPS) is 9.67. The molecule has 0 saturated carbocycles. The van der Waals surface area contributed by atoms with E-state index < -0.39 is 0 Å². The van der Waals surface area contributed by atoms with E-state index in [1.807, 2.05) is 0 Å². The van der Waals surface area contributed by atoms with Crippen molar-refractivity contribution < 1.29 is 4.79 Å². The molecule has 21 heavy (non-hydrogen) atoms. The third-order valence-corrected chi connectivity index (χ3v) is 3.33. The average molecular weight is 319 g/mol. The van der Waals surface area contributed by atoms with E-state index in [-0.39, 0.29) is 12.5 Å². The number of nitrogens with one attached hydrogen (secondary N) is 1. The van der Waals surface area contributed by atoms with Crippen molar-refractivity contribution in [3.8, 4) is 11.8 Å². The summed E-state index contributed by atoms with van der Waals surface area (Å²) in [7, 11) is 0. The zero-order chi connectivity index (χ0) is 15.2. The molecule has 0 saturated heterocycles. The maximum absolute atomic E-state index is 12.2. The fourth-order valence-corrected chi connectivity index (χ4v) is 2.07. The van der Waals surface area contributed by atoms with Crippen LogP contribution >= 0.6 is 23.2 Å². The molecular weight excluding hydrogens is 307 g/mol. The molecule has 0 aliphatic heterocycles. The molecule has 0 fully saturated rings. The molecule has 0 atom stereocenters. The maximum Gasteiger partial charge on any atom is 0.257 e. The predicted octanol–water partition coefficient (Wildman–Crippen LogP) is 3.56. The van der Waals surface area contributed by atoms with Crippen LogP contribution in [-0.2, 0) is 0 Å². The van der Waals surface area contributed by atoms with Gasteiger partial charge < -0.3 is 11.1 Å². The van der Waals surface area contributed by atoms with E-state index >= 15 is 0 Å². The lowest BCUT2D eigenvalue weighted by molar-refractivity contribution is 0.102. The van der Waals surface area contributed by atoms with Gasteiger partial charge in [-0.2, -0.15) is 0 Å². The highest BCUT2D eigenvalue weighted by Gasteiger charge is 2.11. The van der Waals surface area contributed by atoms with E-state index in [1.54, 1.807) is 42.5 Å². The Hall–Kier alpha value is -1.99. The third kappa shape index (κ3) is 3.99. The van der Waals surface area contributed by atoms with Crippen molar-refractivity contribution in [2.75, 3.05) is 11.9 Å². The standard InChI is InChI=1S/C16H12Cl2N2O/c17-13-6-2-1-5-12(13)16(21)20-15-10-11(4-3-9-19)7-8-14(15)18/h1-2,5-8,10H,9,19H2,(H,20,21). The van der Waals surface area contributed by atoms with Gasteiger partial charge in [-0.15, -0.1) is 0 Å². The van der Waals surface area contributed by atoms with Crippen molar-refractivity contribution in [2.45, 2.75) is 0 Å². The fourth-order valence-electron chi connectivity index (χ4n) is 1.69. The summed E-state index contributed by atoms with van der Waals surface area (Å²) >= 11 is 12.1. The number of anilines is 1. The van der Waals surface area contributed by atoms with Gasteiger partial charge >= 0.3 is 0 Å². The van der Waals surface area contributed by atoms with Crippen LogP contribution in [0.25, 0.3) is 0 Å². The monoisotopic (exact) mass is 318 g/mol. The van der Waals surface area contributed by atoms with E-state index in [0.29, 0.717) is 21.3 Å². The molecule has 0 aliphatic rings. The van der Waals surface area contributed by atoms with Crippen molar-refractivity contribution in [2.24, 2.45) is 5.73 Å². The van der Waals surface area contributed by atoms with Crippen LogP contribution in [0.1, 0.15) is 15.9 Å². The number of amides is 1. The Kier molecular flexibility index (Phi) is 5.24. The molecule has 3 nitrogen and oxygen atoms in total. The molecule has 0 aromatic heterocycles. The number of halogens is 2. The van der Waals surface area contributed by atoms with E-state index in [0.717, 1.165) is 5.56 Å². The molecule has 1 amide bonds. The summed E-state index contributed by atoms with van der Waals surface area (Å²) < 4.78 is 0. The molecule has 0 unspecified atom stereocenters. The second-order valence-corrected chi connectivity index (χ2v) is 4.95. The van der Waals surface area contributed by atoms with E-state index in [4.69, 9.17) is 28.9 Å². The SMILES string of the molecule is NCC#Cc1ccc(Cl)c(NC(=O)c2ccccc2Cl)c1. The topological polar surface area (TPSA) is 55.1 Å². The Balaban J connectivity index is 2.27. The summed E-state index contributed by atoms with van der Waals surface area (Å²) in [4.78, 5) is 12.2. The van der Waals surface area contributed by atoms with Gasteiger partial charge in [0.2, 0.25) is 0 Å². The van der Waals surface area contributed by atoms with Crippen molar-refractivity contribution >= 4 is 34.8 Å². The number of carbonyl (C=O) groups is 1. The minimum Gasteiger partial charge on any atom is -0.321 e. The molecule has 3 N–H and O–H groups in total. The number of benzene rings is 2. The minimum atomic E-state index is -0.327. The van der Waals surface area contributed by atoms with Crippen LogP contribution in [-0.4, -0.2) is 12.5 Å². The molecule has 5 heteroatoms. The fraction of sp³-hybridized carbons (Fsp3) is 0.0625. The van der Waals surface area contributed by atoms with Crippen molar-refractivity contribution in [1.29, 1.82) is 0 Å². The number of carbonyl (C=O) groups excluding carboxylic acids is 1. The van der Waals surface area contributed by atoms with Gasteiger partial charge in [0.15, 0.2) is 0 Å². The molecule has 106 valence electrons. The van der Waals surface area contributed by atoms with Gasteiger partial charge in [0.25, 0.3) is 5.91 Å². The van der Waals surface area contributed by atoms with Crippen molar-refractivity contribution in [3.63, 3.8) is 0 Å². The molecule has 2 rings (SSSR count). The van der Waals surface area contributed by atoms with Gasteiger partial charge in [0, 0.05) is 5.56 Å². The maximum atomic E-state index is 12.2. The minimum absolute atomic E-state index is 0.268. The molecule has 0 bridgehead atoms. The molecular formula is C16H12Cl2N2O. The lowest BCUT2D eigenvalue weighted by atomic mass is 10.1.